The summed E-state index contributed by atoms with van der Waals surface area (Å²) in [5, 5.41) is 0.600. The molecule has 2 aromatic rings. The lowest BCUT2D eigenvalue weighted by molar-refractivity contribution is 0.198. The summed E-state index contributed by atoms with van der Waals surface area (Å²) in [5.41, 5.74) is 0.0525. The molecule has 6 nitrogen and oxygen atoms in total. The minimum absolute atomic E-state index is 0.0429. The molecule has 0 radical (unpaired) electrons. The lowest BCUT2D eigenvalue weighted by Crippen LogP contribution is -2.40. The number of para-hydroxylation sites is 1. The number of aromatic nitrogens is 2. The fourth-order valence-electron chi connectivity index (χ4n) is 2.99. The van der Waals surface area contributed by atoms with Gasteiger partial charge in [0.05, 0.1) is 5.02 Å². The van der Waals surface area contributed by atoms with Gasteiger partial charge >= 0.3 is 5.69 Å². The molecule has 128 valence electrons. The van der Waals surface area contributed by atoms with Crippen LogP contribution in [0.4, 0.5) is 0 Å². The molecular formula is C17H20ClN3O3. The Morgan fingerprint density at radius 1 is 1.25 bits per heavy atom. The van der Waals surface area contributed by atoms with Crippen molar-refractivity contribution in [2.24, 2.45) is 14.1 Å². The van der Waals surface area contributed by atoms with E-state index in [2.05, 4.69) is 4.90 Å². The van der Waals surface area contributed by atoms with Gasteiger partial charge in [-0.15, -0.1) is 0 Å². The molecule has 0 N–H and O–H groups in total. The second kappa shape index (κ2) is 6.83. The third-order valence-corrected chi connectivity index (χ3v) is 4.58. The molecule has 0 unspecified atom stereocenters. The van der Waals surface area contributed by atoms with Crippen LogP contribution in [0.3, 0.4) is 0 Å². The number of aryl methyl sites for hydroxylation is 1. The first-order chi connectivity index (χ1) is 11.5. The van der Waals surface area contributed by atoms with E-state index in [9.17, 15) is 9.59 Å². The van der Waals surface area contributed by atoms with Crippen LogP contribution in [0.2, 0.25) is 5.02 Å². The summed E-state index contributed by atoms with van der Waals surface area (Å²) in [7, 11) is 3.15. The molecule has 1 aromatic heterocycles. The van der Waals surface area contributed by atoms with E-state index in [1.165, 1.54) is 11.6 Å². The predicted molar refractivity (Wildman–Crippen MR) is 92.7 cm³/mol. The van der Waals surface area contributed by atoms with Gasteiger partial charge in [-0.25, -0.2) is 4.79 Å². The minimum atomic E-state index is -0.315. The van der Waals surface area contributed by atoms with Crippen LogP contribution in [0, 0.1) is 0 Å². The van der Waals surface area contributed by atoms with E-state index in [-0.39, 0.29) is 17.4 Å². The van der Waals surface area contributed by atoms with E-state index in [4.69, 9.17) is 16.3 Å². The highest BCUT2D eigenvalue weighted by Gasteiger charge is 2.25. The lowest BCUT2D eigenvalue weighted by Gasteiger charge is -2.17. The first kappa shape index (κ1) is 16.8. The normalized spacial score (nSPS) is 18.0. The smallest absolute Gasteiger partial charge is 0.330 e. The molecule has 7 heteroatoms. The first-order valence-electron chi connectivity index (χ1n) is 7.85. The second-order valence-corrected chi connectivity index (χ2v) is 6.51. The van der Waals surface area contributed by atoms with E-state index in [0.717, 1.165) is 24.1 Å². The predicted octanol–water partition coefficient (Wildman–Crippen LogP) is 1.39. The van der Waals surface area contributed by atoms with Gasteiger partial charge in [0.15, 0.2) is 0 Å². The minimum Gasteiger partial charge on any atom is -0.487 e. The summed E-state index contributed by atoms with van der Waals surface area (Å²) in [6, 6.07) is 7.42. The van der Waals surface area contributed by atoms with Crippen molar-refractivity contribution in [1.29, 1.82) is 0 Å². The van der Waals surface area contributed by atoms with Crippen LogP contribution in [0.1, 0.15) is 12.0 Å². The van der Waals surface area contributed by atoms with Crippen LogP contribution < -0.4 is 16.0 Å². The van der Waals surface area contributed by atoms with Crippen molar-refractivity contribution in [1.82, 2.24) is 14.0 Å². The van der Waals surface area contributed by atoms with Gasteiger partial charge in [-0.1, -0.05) is 23.7 Å². The maximum absolute atomic E-state index is 12.2. The Bertz CT molecular complexity index is 859. The SMILES string of the molecule is Cn1cc(CN2CC[C@H](Oc3ccccc3Cl)C2)c(=O)n(C)c1=O. The number of hydrogen-bond donors (Lipinski definition) is 0. The van der Waals surface area contributed by atoms with E-state index in [0.29, 0.717) is 22.9 Å². The van der Waals surface area contributed by atoms with Crippen molar-refractivity contribution in [3.63, 3.8) is 0 Å². The van der Waals surface area contributed by atoms with E-state index in [1.54, 1.807) is 19.3 Å². The molecule has 1 aliphatic rings. The largest absolute Gasteiger partial charge is 0.487 e. The molecule has 0 amide bonds. The summed E-state index contributed by atoms with van der Waals surface area (Å²) in [4.78, 5) is 26.1. The number of likely N-dealkylation sites (tertiary alicyclic amines) is 1. The summed E-state index contributed by atoms with van der Waals surface area (Å²) < 4.78 is 8.54. The Balaban J connectivity index is 1.68. The zero-order valence-electron chi connectivity index (χ0n) is 13.7. The Hall–Kier alpha value is -2.05. The number of halogens is 1. The van der Waals surface area contributed by atoms with Gasteiger partial charge in [0.25, 0.3) is 5.56 Å². The molecule has 0 spiro atoms. The molecule has 0 bridgehead atoms. The van der Waals surface area contributed by atoms with Crippen LogP contribution in [0.25, 0.3) is 0 Å². The van der Waals surface area contributed by atoms with Crippen molar-refractivity contribution < 1.29 is 4.74 Å². The number of ether oxygens (including phenoxy) is 1. The topological polar surface area (TPSA) is 56.5 Å². The van der Waals surface area contributed by atoms with Crippen molar-refractivity contribution in [2.45, 2.75) is 19.1 Å². The van der Waals surface area contributed by atoms with Gasteiger partial charge in [-0.2, -0.15) is 0 Å². The van der Waals surface area contributed by atoms with Crippen LogP contribution in [0.5, 0.6) is 5.75 Å². The lowest BCUT2D eigenvalue weighted by atomic mass is 10.3. The molecule has 1 saturated heterocycles. The van der Waals surface area contributed by atoms with Crippen molar-refractivity contribution in [2.75, 3.05) is 13.1 Å². The van der Waals surface area contributed by atoms with Gasteiger partial charge < -0.3 is 9.30 Å². The highest BCUT2D eigenvalue weighted by Crippen LogP contribution is 2.26. The van der Waals surface area contributed by atoms with Gasteiger partial charge in [0.1, 0.15) is 11.9 Å². The zero-order valence-corrected chi connectivity index (χ0v) is 14.5. The van der Waals surface area contributed by atoms with Crippen LogP contribution in [-0.2, 0) is 20.6 Å². The standard InChI is InChI=1S/C17H20ClN3O3/c1-19-9-12(16(22)20(2)17(19)23)10-21-8-7-13(11-21)24-15-6-4-3-5-14(15)18/h3-6,9,13H,7-8,10-11H2,1-2H3/t13-/m0/s1. The van der Waals surface area contributed by atoms with E-state index in [1.807, 2.05) is 18.2 Å². The zero-order chi connectivity index (χ0) is 17.3. The van der Waals surface area contributed by atoms with Crippen molar-refractivity contribution in [3.8, 4) is 5.75 Å². The molecule has 24 heavy (non-hydrogen) atoms. The molecule has 0 saturated carbocycles. The van der Waals surface area contributed by atoms with Crippen LogP contribution in [-0.4, -0.2) is 33.2 Å². The molecule has 1 aromatic carbocycles. The van der Waals surface area contributed by atoms with Gasteiger partial charge in [0, 0.05) is 45.5 Å². The number of rotatable bonds is 4. The maximum Gasteiger partial charge on any atom is 0.330 e. The number of benzene rings is 1. The van der Waals surface area contributed by atoms with Crippen molar-refractivity contribution in [3.05, 3.63) is 61.9 Å². The Labute approximate surface area is 144 Å². The van der Waals surface area contributed by atoms with Crippen molar-refractivity contribution >= 4 is 11.6 Å². The van der Waals surface area contributed by atoms with Gasteiger partial charge in [-0.05, 0) is 18.6 Å². The average Bonchev–Trinajstić information content (AvgIpc) is 3.00. The third kappa shape index (κ3) is 3.39. The summed E-state index contributed by atoms with van der Waals surface area (Å²) >= 11 is 6.12. The fourth-order valence-corrected chi connectivity index (χ4v) is 3.17. The molecule has 1 fully saturated rings. The summed E-state index contributed by atoms with van der Waals surface area (Å²) in [6.45, 7) is 2.06. The van der Waals surface area contributed by atoms with Crippen LogP contribution in [0.15, 0.2) is 40.1 Å². The Morgan fingerprint density at radius 2 is 2.00 bits per heavy atom. The summed E-state index contributed by atoms with van der Waals surface area (Å²) in [6.07, 6.45) is 2.53. The molecular weight excluding hydrogens is 330 g/mol. The van der Waals surface area contributed by atoms with Crippen LogP contribution >= 0.6 is 11.6 Å². The highest BCUT2D eigenvalue weighted by atomic mass is 35.5. The highest BCUT2D eigenvalue weighted by molar-refractivity contribution is 6.32. The maximum atomic E-state index is 12.2. The molecule has 2 heterocycles. The molecule has 1 atom stereocenters. The monoisotopic (exact) mass is 349 g/mol. The second-order valence-electron chi connectivity index (χ2n) is 6.11. The molecule has 0 aliphatic carbocycles. The number of hydrogen-bond acceptors (Lipinski definition) is 4. The Kier molecular flexibility index (Phi) is 4.78. The number of nitrogens with zero attached hydrogens (tertiary/aromatic N) is 3. The quantitative estimate of drug-likeness (QED) is 0.837. The third-order valence-electron chi connectivity index (χ3n) is 4.27. The fraction of sp³-hybridized carbons (Fsp3) is 0.412. The average molecular weight is 350 g/mol. The van der Waals surface area contributed by atoms with E-state index >= 15 is 0 Å². The summed E-state index contributed by atoms with van der Waals surface area (Å²) in [5.74, 6) is 0.684. The van der Waals surface area contributed by atoms with E-state index < -0.39 is 0 Å². The Morgan fingerprint density at radius 3 is 2.75 bits per heavy atom. The molecule has 3 rings (SSSR count). The van der Waals surface area contributed by atoms with Gasteiger partial charge in [0.2, 0.25) is 0 Å². The first-order valence-corrected chi connectivity index (χ1v) is 8.22. The van der Waals surface area contributed by atoms with Gasteiger partial charge in [-0.3, -0.25) is 14.3 Å². The molecule has 1 aliphatic heterocycles.